The number of fused-ring (bicyclic) bond motifs is 4. The van der Waals surface area contributed by atoms with Crippen LogP contribution in [0.3, 0.4) is 0 Å². The lowest BCUT2D eigenvalue weighted by molar-refractivity contribution is 0.125. The van der Waals surface area contributed by atoms with Crippen molar-refractivity contribution in [3.8, 4) is 17.4 Å². The molecule has 1 N–H and O–H groups in total. The van der Waals surface area contributed by atoms with Crippen molar-refractivity contribution >= 4 is 22.7 Å². The third-order valence-corrected chi connectivity index (χ3v) is 6.62. The van der Waals surface area contributed by atoms with Gasteiger partial charge in [-0.2, -0.15) is 0 Å². The van der Waals surface area contributed by atoms with Crippen molar-refractivity contribution < 1.29 is 14.7 Å². The van der Waals surface area contributed by atoms with E-state index >= 15 is 0 Å². The molecule has 168 valence electrons. The van der Waals surface area contributed by atoms with Gasteiger partial charge in [0.15, 0.2) is 18.1 Å². The van der Waals surface area contributed by atoms with Gasteiger partial charge in [0.05, 0.1) is 16.2 Å². The van der Waals surface area contributed by atoms with Crippen molar-refractivity contribution in [3.63, 3.8) is 0 Å². The highest BCUT2D eigenvalue weighted by Gasteiger charge is 2.33. The maximum Gasteiger partial charge on any atom is 0.228 e. The average Bonchev–Trinajstić information content (AvgIpc) is 3.53. The number of phenolic OH excluding ortho intramolecular Hbond substituents is 1. The number of rotatable bonds is 5. The third kappa shape index (κ3) is 3.56. The fraction of sp³-hybridized carbons (Fsp3) is 0.120. The lowest BCUT2D eigenvalue weighted by atomic mass is 9.84. The van der Waals surface area contributed by atoms with Crippen LogP contribution >= 0.6 is 11.3 Å². The fourth-order valence-electron chi connectivity index (χ4n) is 4.12. The van der Waals surface area contributed by atoms with Crippen LogP contribution in [-0.2, 0) is 11.4 Å². The first-order chi connectivity index (χ1) is 16.7. The molecular weight excluding hydrogens is 450 g/mol. The molecule has 1 unspecified atom stereocenters. The first-order valence-corrected chi connectivity index (χ1v) is 11.6. The summed E-state index contributed by atoms with van der Waals surface area (Å²) in [4.78, 5) is 15.8. The Kier molecular flexibility index (Phi) is 4.96. The summed E-state index contributed by atoms with van der Waals surface area (Å²) in [6, 6.07) is 19.2. The lowest BCUT2D eigenvalue weighted by Crippen LogP contribution is -2.14. The van der Waals surface area contributed by atoms with Crippen LogP contribution in [-0.4, -0.2) is 30.4 Å². The van der Waals surface area contributed by atoms with Gasteiger partial charge in [-0.25, -0.2) is 14.5 Å². The molecule has 5 aromatic rings. The predicted molar refractivity (Wildman–Crippen MR) is 128 cm³/mol. The number of phenols is 1. The van der Waals surface area contributed by atoms with E-state index in [-0.39, 0.29) is 18.3 Å². The summed E-state index contributed by atoms with van der Waals surface area (Å²) in [5.41, 5.74) is 4.23. The van der Waals surface area contributed by atoms with Crippen LogP contribution in [0.4, 0.5) is 0 Å². The SMILES string of the molecule is CC(=NOCc1nc2c3c(ncn2n1)Oc1cc(O)ccc1C3c1ccccc1)c1cccs1. The first kappa shape index (κ1) is 20.4. The molecule has 1 atom stereocenters. The first-order valence-electron chi connectivity index (χ1n) is 10.7. The zero-order valence-corrected chi connectivity index (χ0v) is 18.9. The molecule has 9 heteroatoms. The van der Waals surface area contributed by atoms with Crippen molar-refractivity contribution in [1.29, 1.82) is 0 Å². The van der Waals surface area contributed by atoms with E-state index in [1.807, 2.05) is 48.7 Å². The highest BCUT2D eigenvalue weighted by Crippen LogP contribution is 2.48. The van der Waals surface area contributed by atoms with Crippen LogP contribution in [0.2, 0.25) is 0 Å². The molecule has 0 aliphatic carbocycles. The average molecular weight is 470 g/mol. The zero-order chi connectivity index (χ0) is 23.1. The van der Waals surface area contributed by atoms with Gasteiger partial charge in [0.2, 0.25) is 5.88 Å². The van der Waals surface area contributed by atoms with Crippen LogP contribution in [0, 0.1) is 0 Å². The van der Waals surface area contributed by atoms with Crippen LogP contribution in [0.5, 0.6) is 17.4 Å². The highest BCUT2D eigenvalue weighted by atomic mass is 32.1. The second-order valence-electron chi connectivity index (χ2n) is 7.85. The summed E-state index contributed by atoms with van der Waals surface area (Å²) in [6.45, 7) is 2.03. The Bertz CT molecular complexity index is 1510. The summed E-state index contributed by atoms with van der Waals surface area (Å²) < 4.78 is 7.71. The van der Waals surface area contributed by atoms with Gasteiger partial charge < -0.3 is 14.7 Å². The Balaban J connectivity index is 1.40. The van der Waals surface area contributed by atoms with Gasteiger partial charge in [0, 0.05) is 17.5 Å². The smallest absolute Gasteiger partial charge is 0.228 e. The second kappa shape index (κ2) is 8.27. The molecule has 0 fully saturated rings. The van der Waals surface area contributed by atoms with E-state index in [1.54, 1.807) is 34.3 Å². The van der Waals surface area contributed by atoms with Crippen LogP contribution < -0.4 is 4.74 Å². The van der Waals surface area contributed by atoms with Crippen molar-refractivity contribution in [2.45, 2.75) is 19.4 Å². The van der Waals surface area contributed by atoms with E-state index in [0.717, 1.165) is 27.3 Å². The molecular formula is C25H19N5O3S. The molecule has 4 heterocycles. The summed E-state index contributed by atoms with van der Waals surface area (Å²) in [6.07, 6.45) is 1.57. The molecule has 0 saturated heterocycles. The zero-order valence-electron chi connectivity index (χ0n) is 18.1. The molecule has 0 amide bonds. The highest BCUT2D eigenvalue weighted by molar-refractivity contribution is 7.12. The maximum atomic E-state index is 10.00. The van der Waals surface area contributed by atoms with Gasteiger partial charge in [-0.1, -0.05) is 47.6 Å². The Morgan fingerprint density at radius 1 is 1.18 bits per heavy atom. The van der Waals surface area contributed by atoms with Gasteiger partial charge in [-0.3, -0.25) is 0 Å². The Morgan fingerprint density at radius 3 is 2.88 bits per heavy atom. The van der Waals surface area contributed by atoms with Crippen LogP contribution in [0.1, 0.15) is 40.2 Å². The normalized spacial score (nSPS) is 15.0. The standard InChI is InChI=1S/C25H19N5O3S/c1-15(20-8-5-11-34-20)29-32-13-21-27-24-23-22(16-6-3-2-4-7-16)18-10-9-17(31)12-19(18)33-25(23)26-14-30(24)28-21/h2-12,14,22,31H,13H2,1H3. The van der Waals surface area contributed by atoms with Crippen molar-refractivity contribution in [1.82, 2.24) is 19.6 Å². The minimum absolute atomic E-state index is 0.125. The van der Waals surface area contributed by atoms with E-state index in [0.29, 0.717) is 23.1 Å². The molecule has 0 saturated carbocycles. The van der Waals surface area contributed by atoms with E-state index in [2.05, 4.69) is 27.4 Å². The Morgan fingerprint density at radius 2 is 2.06 bits per heavy atom. The number of aromatic hydroxyl groups is 1. The molecule has 0 spiro atoms. The minimum atomic E-state index is -0.186. The Labute approximate surface area is 198 Å². The monoisotopic (exact) mass is 469 g/mol. The lowest BCUT2D eigenvalue weighted by Gasteiger charge is -2.27. The quantitative estimate of drug-likeness (QED) is 0.278. The topological polar surface area (TPSA) is 94.1 Å². The van der Waals surface area contributed by atoms with Gasteiger partial charge in [0.1, 0.15) is 17.8 Å². The van der Waals surface area contributed by atoms with Crippen molar-refractivity contribution in [3.05, 3.63) is 99.8 Å². The number of oxime groups is 1. The van der Waals surface area contributed by atoms with E-state index < -0.39 is 0 Å². The number of hydrogen-bond donors (Lipinski definition) is 1. The number of thiophene rings is 1. The van der Waals surface area contributed by atoms with Crippen LogP contribution in [0.15, 0.2) is 77.5 Å². The molecule has 1 aliphatic rings. The van der Waals surface area contributed by atoms with Crippen molar-refractivity contribution in [2.75, 3.05) is 0 Å². The number of hydrogen-bond acceptors (Lipinski definition) is 8. The van der Waals surface area contributed by atoms with Gasteiger partial charge in [-0.05, 0) is 30.0 Å². The number of ether oxygens (including phenoxy) is 1. The van der Waals surface area contributed by atoms with Crippen molar-refractivity contribution in [2.24, 2.45) is 5.16 Å². The van der Waals surface area contributed by atoms with E-state index in [9.17, 15) is 5.11 Å². The summed E-state index contributed by atoms with van der Waals surface area (Å²) >= 11 is 1.61. The predicted octanol–water partition coefficient (Wildman–Crippen LogP) is 5.12. The second-order valence-corrected chi connectivity index (χ2v) is 8.80. The Hall–Kier alpha value is -4.24. The molecule has 2 aromatic carbocycles. The molecule has 1 aliphatic heterocycles. The minimum Gasteiger partial charge on any atom is -0.508 e. The van der Waals surface area contributed by atoms with E-state index in [4.69, 9.17) is 14.6 Å². The number of aromatic nitrogens is 4. The molecule has 0 radical (unpaired) electrons. The largest absolute Gasteiger partial charge is 0.508 e. The molecule has 34 heavy (non-hydrogen) atoms. The number of nitrogens with zero attached hydrogens (tertiary/aromatic N) is 5. The van der Waals surface area contributed by atoms with Crippen LogP contribution in [0.25, 0.3) is 5.65 Å². The van der Waals surface area contributed by atoms with Gasteiger partial charge >= 0.3 is 0 Å². The third-order valence-electron chi connectivity index (χ3n) is 5.64. The summed E-state index contributed by atoms with van der Waals surface area (Å²) in [5.74, 6) is 1.44. The fourth-order valence-corrected chi connectivity index (χ4v) is 4.79. The molecule has 3 aromatic heterocycles. The summed E-state index contributed by atoms with van der Waals surface area (Å²) in [7, 11) is 0. The molecule has 6 rings (SSSR count). The maximum absolute atomic E-state index is 10.00. The van der Waals surface area contributed by atoms with Gasteiger partial charge in [0.25, 0.3) is 0 Å². The summed E-state index contributed by atoms with van der Waals surface area (Å²) in [5, 5.41) is 20.7. The molecule has 0 bridgehead atoms. The number of benzene rings is 2. The van der Waals surface area contributed by atoms with Gasteiger partial charge in [-0.15, -0.1) is 16.4 Å². The van der Waals surface area contributed by atoms with E-state index in [1.165, 1.54) is 0 Å². The molecule has 8 nitrogen and oxygen atoms in total.